The number of carbonyl (C=O) groups excluding carboxylic acids is 1. The summed E-state index contributed by atoms with van der Waals surface area (Å²) in [4.78, 5) is 18.1. The number of hydrogen-bond acceptors (Lipinski definition) is 4. The van der Waals surface area contributed by atoms with Crippen LogP contribution in [-0.2, 0) is 17.9 Å². The number of imidazole rings is 1. The van der Waals surface area contributed by atoms with Gasteiger partial charge in [-0.3, -0.25) is 4.90 Å². The molecule has 0 unspecified atom stereocenters. The molecule has 1 aliphatic rings. The Hall–Kier alpha value is -1.56. The molecular formula is C13H21N3O3. The van der Waals surface area contributed by atoms with E-state index in [1.54, 1.807) is 11.1 Å². The Morgan fingerprint density at radius 1 is 1.53 bits per heavy atom. The zero-order valence-electron chi connectivity index (χ0n) is 11.9. The molecule has 0 saturated carbocycles. The number of hydrogen-bond donors (Lipinski definition) is 1. The molecule has 1 amide bonds. The minimum Gasteiger partial charge on any atom is -0.444 e. The molecule has 2 heterocycles. The van der Waals surface area contributed by atoms with E-state index in [1.165, 1.54) is 0 Å². The molecule has 0 bridgehead atoms. The number of carbonyl (C=O) groups is 1. The van der Waals surface area contributed by atoms with Gasteiger partial charge in [0.1, 0.15) is 11.4 Å². The van der Waals surface area contributed by atoms with Crippen LogP contribution in [0.3, 0.4) is 0 Å². The van der Waals surface area contributed by atoms with Crippen molar-refractivity contribution < 1.29 is 14.6 Å². The lowest BCUT2D eigenvalue weighted by Gasteiger charge is -2.35. The van der Waals surface area contributed by atoms with E-state index in [9.17, 15) is 9.90 Å². The summed E-state index contributed by atoms with van der Waals surface area (Å²) >= 11 is 0. The number of ether oxygens (including phenoxy) is 1. The van der Waals surface area contributed by atoms with Crippen LogP contribution in [0.2, 0.25) is 0 Å². The molecule has 1 N–H and O–H groups in total. The van der Waals surface area contributed by atoms with Gasteiger partial charge in [-0.2, -0.15) is 0 Å². The van der Waals surface area contributed by atoms with Crippen molar-refractivity contribution in [3.05, 3.63) is 17.7 Å². The highest BCUT2D eigenvalue weighted by Crippen LogP contribution is 2.26. The average Bonchev–Trinajstić information content (AvgIpc) is 2.70. The summed E-state index contributed by atoms with van der Waals surface area (Å²) in [5, 5.41) is 9.23. The van der Waals surface area contributed by atoms with Crippen LogP contribution >= 0.6 is 0 Å². The monoisotopic (exact) mass is 267 g/mol. The minimum absolute atomic E-state index is 0.0356. The van der Waals surface area contributed by atoms with E-state index in [2.05, 4.69) is 4.98 Å². The Bertz CT molecular complexity index is 476. The highest BCUT2D eigenvalue weighted by atomic mass is 16.6. The summed E-state index contributed by atoms with van der Waals surface area (Å²) in [6, 6.07) is -0.149. The van der Waals surface area contributed by atoms with E-state index in [0.29, 0.717) is 13.1 Å². The summed E-state index contributed by atoms with van der Waals surface area (Å²) in [5.41, 5.74) is 0.283. The first-order chi connectivity index (χ1) is 8.83. The Balaban J connectivity index is 2.17. The Kier molecular flexibility index (Phi) is 3.54. The molecule has 1 atom stereocenters. The third kappa shape index (κ3) is 2.73. The van der Waals surface area contributed by atoms with Crippen molar-refractivity contribution in [3.63, 3.8) is 0 Å². The maximum Gasteiger partial charge on any atom is 0.410 e. The number of aliphatic hydroxyl groups excluding tert-OH is 1. The number of amides is 1. The molecule has 0 fully saturated rings. The van der Waals surface area contributed by atoms with E-state index in [4.69, 9.17) is 4.74 Å². The predicted octanol–water partition coefficient (Wildman–Crippen LogP) is 1.69. The van der Waals surface area contributed by atoms with Gasteiger partial charge >= 0.3 is 6.09 Å². The zero-order valence-corrected chi connectivity index (χ0v) is 11.9. The largest absolute Gasteiger partial charge is 0.444 e. The first-order valence-corrected chi connectivity index (χ1v) is 6.48. The molecule has 0 spiro atoms. The number of fused-ring (bicyclic) bond motifs is 1. The van der Waals surface area contributed by atoms with E-state index in [1.807, 2.05) is 32.3 Å². The molecule has 1 aliphatic heterocycles. The van der Waals surface area contributed by atoms with Crippen molar-refractivity contribution in [2.45, 2.75) is 52.5 Å². The Labute approximate surface area is 113 Å². The minimum atomic E-state index is -0.500. The SMILES string of the molecule is C[C@H]1c2ncc(CO)n2CCN1C(=O)OC(C)(C)C. The maximum atomic E-state index is 12.1. The average molecular weight is 267 g/mol. The number of aromatic nitrogens is 2. The third-order valence-electron chi connectivity index (χ3n) is 3.16. The lowest BCUT2D eigenvalue weighted by Crippen LogP contribution is -2.44. The van der Waals surface area contributed by atoms with Crippen molar-refractivity contribution in [1.82, 2.24) is 14.5 Å². The van der Waals surface area contributed by atoms with Gasteiger partial charge in [-0.1, -0.05) is 0 Å². The van der Waals surface area contributed by atoms with E-state index >= 15 is 0 Å². The van der Waals surface area contributed by atoms with Crippen LogP contribution in [-0.4, -0.2) is 37.8 Å². The van der Waals surface area contributed by atoms with Gasteiger partial charge in [0, 0.05) is 13.1 Å². The first kappa shape index (κ1) is 13.9. The molecule has 6 heteroatoms. The topological polar surface area (TPSA) is 67.6 Å². The maximum absolute atomic E-state index is 12.1. The standard InChI is InChI=1S/C13H21N3O3/c1-9-11-14-7-10(8-17)16(11)6-5-15(9)12(18)19-13(2,3)4/h7,9,17H,5-6,8H2,1-4H3/t9-/m0/s1. The van der Waals surface area contributed by atoms with Crippen molar-refractivity contribution in [2.75, 3.05) is 6.54 Å². The Morgan fingerprint density at radius 3 is 2.79 bits per heavy atom. The van der Waals surface area contributed by atoms with E-state index in [-0.39, 0.29) is 18.7 Å². The Morgan fingerprint density at radius 2 is 2.21 bits per heavy atom. The van der Waals surface area contributed by atoms with Crippen LogP contribution in [0.25, 0.3) is 0 Å². The molecule has 1 aromatic rings. The molecule has 0 saturated heterocycles. The second-order valence-electron chi connectivity index (χ2n) is 5.77. The number of aliphatic hydroxyl groups is 1. The van der Waals surface area contributed by atoms with Crippen molar-refractivity contribution in [2.24, 2.45) is 0 Å². The van der Waals surface area contributed by atoms with Crippen molar-refractivity contribution in [3.8, 4) is 0 Å². The lowest BCUT2D eigenvalue weighted by molar-refractivity contribution is 0.0118. The molecule has 1 aromatic heterocycles. The van der Waals surface area contributed by atoms with Crippen LogP contribution in [0.5, 0.6) is 0 Å². The van der Waals surface area contributed by atoms with Gasteiger partial charge < -0.3 is 14.4 Å². The van der Waals surface area contributed by atoms with Crippen molar-refractivity contribution in [1.29, 1.82) is 0 Å². The highest BCUT2D eigenvalue weighted by molar-refractivity contribution is 5.68. The highest BCUT2D eigenvalue weighted by Gasteiger charge is 2.32. The van der Waals surface area contributed by atoms with Crippen LogP contribution in [0.15, 0.2) is 6.20 Å². The fourth-order valence-corrected chi connectivity index (χ4v) is 2.26. The lowest BCUT2D eigenvalue weighted by atomic mass is 10.2. The van der Waals surface area contributed by atoms with Gasteiger partial charge in [0.05, 0.1) is 24.5 Å². The van der Waals surface area contributed by atoms with Gasteiger partial charge in [0.25, 0.3) is 0 Å². The molecule has 6 nitrogen and oxygen atoms in total. The molecule has 0 aliphatic carbocycles. The number of rotatable bonds is 1. The fraction of sp³-hybridized carbons (Fsp3) is 0.692. The van der Waals surface area contributed by atoms with E-state index in [0.717, 1.165) is 11.5 Å². The van der Waals surface area contributed by atoms with Gasteiger partial charge in [-0.05, 0) is 27.7 Å². The van der Waals surface area contributed by atoms with Crippen LogP contribution in [0.4, 0.5) is 4.79 Å². The predicted molar refractivity (Wildman–Crippen MR) is 69.5 cm³/mol. The third-order valence-corrected chi connectivity index (χ3v) is 3.16. The van der Waals surface area contributed by atoms with Crippen LogP contribution in [0, 0.1) is 0 Å². The molecular weight excluding hydrogens is 246 g/mol. The van der Waals surface area contributed by atoms with E-state index < -0.39 is 5.60 Å². The van der Waals surface area contributed by atoms with Gasteiger partial charge in [0.2, 0.25) is 0 Å². The quantitative estimate of drug-likeness (QED) is 0.840. The van der Waals surface area contributed by atoms with Gasteiger partial charge in [-0.25, -0.2) is 9.78 Å². The number of nitrogens with zero attached hydrogens (tertiary/aromatic N) is 3. The summed E-state index contributed by atoms with van der Waals surface area (Å²) in [7, 11) is 0. The molecule has 106 valence electrons. The second-order valence-corrected chi connectivity index (χ2v) is 5.77. The van der Waals surface area contributed by atoms with Crippen LogP contribution in [0.1, 0.15) is 45.3 Å². The van der Waals surface area contributed by atoms with Gasteiger partial charge in [-0.15, -0.1) is 0 Å². The van der Waals surface area contributed by atoms with Crippen LogP contribution < -0.4 is 0 Å². The van der Waals surface area contributed by atoms with Crippen molar-refractivity contribution >= 4 is 6.09 Å². The zero-order chi connectivity index (χ0) is 14.2. The molecule has 0 aromatic carbocycles. The second kappa shape index (κ2) is 4.85. The molecule has 19 heavy (non-hydrogen) atoms. The summed E-state index contributed by atoms with van der Waals surface area (Å²) in [6.07, 6.45) is 1.34. The summed E-state index contributed by atoms with van der Waals surface area (Å²) in [5.74, 6) is 0.793. The molecule has 2 rings (SSSR count). The van der Waals surface area contributed by atoms with Gasteiger partial charge in [0.15, 0.2) is 0 Å². The normalized spacial score (nSPS) is 19.2. The fourth-order valence-electron chi connectivity index (χ4n) is 2.26. The smallest absolute Gasteiger partial charge is 0.410 e. The summed E-state index contributed by atoms with van der Waals surface area (Å²) < 4.78 is 7.36. The first-order valence-electron chi connectivity index (χ1n) is 6.48. The summed E-state index contributed by atoms with van der Waals surface area (Å²) in [6.45, 7) is 8.63. The molecule has 0 radical (unpaired) electrons.